The molecule has 1 aliphatic heterocycles. The van der Waals surface area contributed by atoms with E-state index in [-0.39, 0.29) is 30.5 Å². The summed E-state index contributed by atoms with van der Waals surface area (Å²) in [5.41, 5.74) is 0. The van der Waals surface area contributed by atoms with E-state index in [2.05, 4.69) is 5.32 Å². The van der Waals surface area contributed by atoms with Gasteiger partial charge in [-0.2, -0.15) is 0 Å². The first-order valence-electron chi connectivity index (χ1n) is 9.19. The van der Waals surface area contributed by atoms with Gasteiger partial charge < -0.3 is 10.1 Å². The number of sulfonamides is 1. The predicted molar refractivity (Wildman–Crippen MR) is 105 cm³/mol. The number of hydrogen-bond acceptors (Lipinski definition) is 7. The van der Waals surface area contributed by atoms with Crippen LogP contribution in [0.2, 0.25) is 0 Å². The number of nitrogens with one attached hydrogen (secondary N) is 1. The van der Waals surface area contributed by atoms with Gasteiger partial charge in [-0.05, 0) is 38.8 Å². The fourth-order valence-electron chi connectivity index (χ4n) is 2.89. The van der Waals surface area contributed by atoms with Gasteiger partial charge in [-0.25, -0.2) is 12.7 Å². The van der Waals surface area contributed by atoms with Gasteiger partial charge in [-0.1, -0.05) is 0 Å². The van der Waals surface area contributed by atoms with E-state index in [9.17, 15) is 22.8 Å². The Morgan fingerprint density at radius 3 is 2.50 bits per heavy atom. The lowest BCUT2D eigenvalue weighted by molar-refractivity contribution is -0.152. The standard InChI is InChI=1S/C18H26N2O6S2/c1-4-28(24,25)20-9-7-14(8-10-20)18(23)26-12(2)17(22)16-6-5-15(27-16)11-19-13(3)21/h5-6,12,14H,4,7-11H2,1-3H3,(H,19,21). The molecule has 156 valence electrons. The highest BCUT2D eigenvalue weighted by Crippen LogP contribution is 2.23. The quantitative estimate of drug-likeness (QED) is 0.495. The molecule has 0 aliphatic carbocycles. The summed E-state index contributed by atoms with van der Waals surface area (Å²) in [4.78, 5) is 37.1. The van der Waals surface area contributed by atoms with Gasteiger partial charge in [0.05, 0.1) is 23.1 Å². The molecule has 1 N–H and O–H groups in total. The Labute approximate surface area is 169 Å². The minimum Gasteiger partial charge on any atom is -0.454 e. The summed E-state index contributed by atoms with van der Waals surface area (Å²) < 4.78 is 30.5. The first kappa shape index (κ1) is 22.5. The van der Waals surface area contributed by atoms with Crippen molar-refractivity contribution in [3.8, 4) is 0 Å². The van der Waals surface area contributed by atoms with Gasteiger partial charge in [0, 0.05) is 24.9 Å². The van der Waals surface area contributed by atoms with Crippen LogP contribution < -0.4 is 5.32 Å². The Hall–Kier alpha value is -1.78. The molecule has 1 unspecified atom stereocenters. The van der Waals surface area contributed by atoms with E-state index in [1.165, 1.54) is 29.5 Å². The predicted octanol–water partition coefficient (Wildman–Crippen LogP) is 1.56. The maximum atomic E-state index is 12.5. The molecule has 28 heavy (non-hydrogen) atoms. The van der Waals surface area contributed by atoms with Crippen LogP contribution in [-0.4, -0.2) is 55.3 Å². The minimum atomic E-state index is -3.25. The fraction of sp³-hybridized carbons (Fsp3) is 0.611. The highest BCUT2D eigenvalue weighted by Gasteiger charge is 2.32. The van der Waals surface area contributed by atoms with Crippen molar-refractivity contribution in [3.63, 3.8) is 0 Å². The molecule has 2 heterocycles. The van der Waals surface area contributed by atoms with E-state index in [4.69, 9.17) is 4.74 Å². The molecule has 2 rings (SSSR count). The second-order valence-electron chi connectivity index (χ2n) is 6.69. The first-order valence-corrected chi connectivity index (χ1v) is 11.6. The molecule has 1 atom stereocenters. The number of thiophene rings is 1. The zero-order valence-electron chi connectivity index (χ0n) is 16.3. The number of esters is 1. The number of hydrogen-bond donors (Lipinski definition) is 1. The SMILES string of the molecule is CCS(=O)(=O)N1CCC(C(=O)OC(C)C(=O)c2ccc(CNC(C)=O)s2)CC1. The van der Waals surface area contributed by atoms with E-state index in [0.717, 1.165) is 4.88 Å². The lowest BCUT2D eigenvalue weighted by Gasteiger charge is -2.30. The number of carbonyl (C=O) groups is 3. The van der Waals surface area contributed by atoms with E-state index in [0.29, 0.717) is 24.3 Å². The van der Waals surface area contributed by atoms with Gasteiger partial charge in [0.1, 0.15) is 0 Å². The topological polar surface area (TPSA) is 110 Å². The second-order valence-corrected chi connectivity index (χ2v) is 10.1. The molecule has 1 fully saturated rings. The van der Waals surface area contributed by atoms with Gasteiger partial charge in [0.25, 0.3) is 0 Å². The smallest absolute Gasteiger partial charge is 0.309 e. The van der Waals surface area contributed by atoms with Gasteiger partial charge in [0.15, 0.2) is 6.10 Å². The molecule has 10 heteroatoms. The molecule has 8 nitrogen and oxygen atoms in total. The lowest BCUT2D eigenvalue weighted by atomic mass is 9.98. The molecule has 0 bridgehead atoms. The van der Waals surface area contributed by atoms with Crippen molar-refractivity contribution in [2.45, 2.75) is 46.3 Å². The third-order valence-electron chi connectivity index (χ3n) is 4.62. The van der Waals surface area contributed by atoms with Crippen LogP contribution in [0.5, 0.6) is 0 Å². The van der Waals surface area contributed by atoms with Crippen LogP contribution in [0.15, 0.2) is 12.1 Å². The summed E-state index contributed by atoms with van der Waals surface area (Å²) in [7, 11) is -3.25. The molecule has 0 aromatic carbocycles. The average Bonchev–Trinajstić information content (AvgIpc) is 3.14. The average molecular weight is 431 g/mol. The van der Waals surface area contributed by atoms with Crippen LogP contribution in [-0.2, 0) is 30.9 Å². The summed E-state index contributed by atoms with van der Waals surface area (Å²) in [6.07, 6.45) is -0.144. The van der Waals surface area contributed by atoms with E-state index >= 15 is 0 Å². The maximum absolute atomic E-state index is 12.5. The van der Waals surface area contributed by atoms with Crippen molar-refractivity contribution in [1.29, 1.82) is 0 Å². The lowest BCUT2D eigenvalue weighted by Crippen LogP contribution is -2.42. The molecule has 1 aromatic rings. The Kier molecular flexibility index (Phi) is 7.73. The van der Waals surface area contributed by atoms with Crippen LogP contribution in [0.3, 0.4) is 0 Å². The van der Waals surface area contributed by atoms with Crippen LogP contribution in [0.4, 0.5) is 0 Å². The molecule has 1 amide bonds. The van der Waals surface area contributed by atoms with Crippen molar-refractivity contribution in [1.82, 2.24) is 9.62 Å². The number of rotatable bonds is 8. The number of nitrogens with zero attached hydrogens (tertiary/aromatic N) is 1. The van der Waals surface area contributed by atoms with Gasteiger partial charge >= 0.3 is 5.97 Å². The van der Waals surface area contributed by atoms with Crippen molar-refractivity contribution < 1.29 is 27.5 Å². The monoisotopic (exact) mass is 430 g/mol. The largest absolute Gasteiger partial charge is 0.454 e. The van der Waals surface area contributed by atoms with E-state index in [1.807, 2.05) is 0 Å². The Bertz CT molecular complexity index is 825. The van der Waals surface area contributed by atoms with Crippen LogP contribution in [0.25, 0.3) is 0 Å². The summed E-state index contributed by atoms with van der Waals surface area (Å²) in [6, 6.07) is 3.41. The van der Waals surface area contributed by atoms with Crippen molar-refractivity contribution in [3.05, 3.63) is 21.9 Å². The number of carbonyl (C=O) groups excluding carboxylic acids is 3. The van der Waals surface area contributed by atoms with E-state index in [1.54, 1.807) is 19.1 Å². The maximum Gasteiger partial charge on any atom is 0.309 e. The number of ketones is 1. The van der Waals surface area contributed by atoms with Crippen LogP contribution in [0.1, 0.15) is 48.2 Å². The van der Waals surface area contributed by atoms with Crippen LogP contribution in [0, 0.1) is 5.92 Å². The normalized spacial score (nSPS) is 17.1. The molecule has 0 radical (unpaired) electrons. The Morgan fingerprint density at radius 2 is 1.93 bits per heavy atom. The third-order valence-corrected chi connectivity index (χ3v) is 7.61. The summed E-state index contributed by atoms with van der Waals surface area (Å²) in [5.74, 6) is -1.28. The number of amides is 1. The summed E-state index contributed by atoms with van der Waals surface area (Å²) >= 11 is 1.25. The Morgan fingerprint density at radius 1 is 1.29 bits per heavy atom. The molecule has 1 aromatic heterocycles. The van der Waals surface area contributed by atoms with Crippen LogP contribution >= 0.6 is 11.3 Å². The molecule has 0 saturated carbocycles. The zero-order chi connectivity index (χ0) is 20.9. The molecule has 1 aliphatic rings. The van der Waals surface area contributed by atoms with Gasteiger partial charge in [0.2, 0.25) is 21.7 Å². The summed E-state index contributed by atoms with van der Waals surface area (Å²) in [5, 5.41) is 2.66. The summed E-state index contributed by atoms with van der Waals surface area (Å²) in [6.45, 7) is 5.47. The Balaban J connectivity index is 1.87. The molecular formula is C18H26N2O6S2. The molecule has 1 saturated heterocycles. The van der Waals surface area contributed by atoms with E-state index < -0.39 is 28.0 Å². The van der Waals surface area contributed by atoms with Gasteiger partial charge in [-0.15, -0.1) is 11.3 Å². The third kappa shape index (κ3) is 5.86. The molecular weight excluding hydrogens is 404 g/mol. The fourth-order valence-corrected chi connectivity index (χ4v) is 4.99. The van der Waals surface area contributed by atoms with Gasteiger partial charge in [-0.3, -0.25) is 14.4 Å². The minimum absolute atomic E-state index is 0.0401. The molecule has 0 spiro atoms. The highest BCUT2D eigenvalue weighted by atomic mass is 32.2. The van der Waals surface area contributed by atoms with Crippen molar-refractivity contribution >= 4 is 39.0 Å². The number of piperidine rings is 1. The van der Waals surface area contributed by atoms with Crippen molar-refractivity contribution in [2.24, 2.45) is 5.92 Å². The highest BCUT2D eigenvalue weighted by molar-refractivity contribution is 7.89. The van der Waals surface area contributed by atoms with Crippen molar-refractivity contribution in [2.75, 3.05) is 18.8 Å². The zero-order valence-corrected chi connectivity index (χ0v) is 17.9. The first-order chi connectivity index (χ1) is 13.1. The second kappa shape index (κ2) is 9.62. The number of Topliss-reactive ketones (excluding diaryl/α,β-unsaturated/α-hetero) is 1. The number of ether oxygens (including phenoxy) is 1.